The van der Waals surface area contributed by atoms with Gasteiger partial charge in [0.05, 0.1) is 10.6 Å². The lowest BCUT2D eigenvalue weighted by atomic mass is 10.1. The Bertz CT molecular complexity index is 905. The van der Waals surface area contributed by atoms with Crippen LogP contribution in [-0.4, -0.2) is 24.9 Å². The molecule has 0 saturated carbocycles. The zero-order valence-electron chi connectivity index (χ0n) is 16.6. The zero-order chi connectivity index (χ0) is 20.1. The van der Waals surface area contributed by atoms with Crippen molar-refractivity contribution in [2.45, 2.75) is 32.1 Å². The zero-order valence-corrected chi connectivity index (χ0v) is 17.4. The number of aryl methyl sites for hydroxylation is 1. The standard InChI is InChI=1S/C23H26N2O2S/c1-16(2)12-13-24-22(26)15-25-19-10-6-7-11-20(19)28-21(23(25)27)14-18-9-5-4-8-17(18)3/h4-11,14,16H,12-13,15H2,1-3H3,(H,24,26). The van der Waals surface area contributed by atoms with Crippen molar-refractivity contribution in [3.8, 4) is 0 Å². The number of carbonyl (C=O) groups excluding carboxylic acids is 2. The maximum absolute atomic E-state index is 13.2. The first-order chi connectivity index (χ1) is 13.5. The van der Waals surface area contributed by atoms with Gasteiger partial charge in [-0.15, -0.1) is 0 Å². The first kappa shape index (κ1) is 20.2. The van der Waals surface area contributed by atoms with Crippen LogP contribution in [0, 0.1) is 12.8 Å². The topological polar surface area (TPSA) is 49.4 Å². The molecule has 1 N–H and O–H groups in total. The Hall–Kier alpha value is -2.53. The highest BCUT2D eigenvalue weighted by molar-refractivity contribution is 8.04. The van der Waals surface area contributed by atoms with Gasteiger partial charge in [0.2, 0.25) is 5.91 Å². The second kappa shape index (κ2) is 9.11. The third-order valence-electron chi connectivity index (χ3n) is 4.65. The second-order valence-corrected chi connectivity index (χ2v) is 8.44. The molecule has 0 unspecified atom stereocenters. The van der Waals surface area contributed by atoms with E-state index in [4.69, 9.17) is 0 Å². The molecule has 2 aromatic carbocycles. The van der Waals surface area contributed by atoms with Gasteiger partial charge >= 0.3 is 0 Å². The number of amides is 2. The van der Waals surface area contributed by atoms with E-state index in [1.165, 1.54) is 11.8 Å². The van der Waals surface area contributed by atoms with Crippen molar-refractivity contribution in [2.24, 2.45) is 5.92 Å². The molecule has 2 amide bonds. The lowest BCUT2D eigenvalue weighted by Crippen LogP contribution is -2.43. The molecule has 0 atom stereocenters. The predicted octanol–water partition coefficient (Wildman–Crippen LogP) is 4.64. The van der Waals surface area contributed by atoms with Gasteiger partial charge in [-0.1, -0.05) is 62.0 Å². The molecule has 5 heteroatoms. The van der Waals surface area contributed by atoms with E-state index in [2.05, 4.69) is 19.2 Å². The van der Waals surface area contributed by atoms with Crippen LogP contribution in [0.1, 0.15) is 31.4 Å². The number of rotatable bonds is 6. The van der Waals surface area contributed by atoms with Gasteiger partial charge in [-0.05, 0) is 48.6 Å². The van der Waals surface area contributed by atoms with Crippen LogP contribution < -0.4 is 10.2 Å². The smallest absolute Gasteiger partial charge is 0.265 e. The molecule has 2 aromatic rings. The molecule has 1 aliphatic heterocycles. The summed E-state index contributed by atoms with van der Waals surface area (Å²) in [5.74, 6) is 0.259. The number of benzene rings is 2. The Balaban J connectivity index is 1.85. The summed E-state index contributed by atoms with van der Waals surface area (Å²) in [5.41, 5.74) is 2.91. The average molecular weight is 395 g/mol. The Morgan fingerprint density at radius 3 is 2.61 bits per heavy atom. The first-order valence-corrected chi connectivity index (χ1v) is 10.4. The third-order valence-corrected chi connectivity index (χ3v) is 5.73. The van der Waals surface area contributed by atoms with Crippen molar-refractivity contribution >= 4 is 35.3 Å². The SMILES string of the molecule is Cc1ccccc1C=C1Sc2ccccc2N(CC(=O)NCCC(C)C)C1=O. The molecule has 0 aliphatic carbocycles. The van der Waals surface area contributed by atoms with Crippen LogP contribution in [0.4, 0.5) is 5.69 Å². The fourth-order valence-corrected chi connectivity index (χ4v) is 4.06. The van der Waals surface area contributed by atoms with Crippen molar-refractivity contribution in [1.82, 2.24) is 5.32 Å². The maximum Gasteiger partial charge on any atom is 0.265 e. The van der Waals surface area contributed by atoms with Crippen LogP contribution in [0.15, 0.2) is 58.3 Å². The van der Waals surface area contributed by atoms with E-state index in [0.29, 0.717) is 17.4 Å². The molecule has 1 heterocycles. The number of nitrogens with one attached hydrogen (secondary N) is 1. The number of hydrogen-bond donors (Lipinski definition) is 1. The highest BCUT2D eigenvalue weighted by atomic mass is 32.2. The summed E-state index contributed by atoms with van der Waals surface area (Å²) in [6.07, 6.45) is 2.84. The highest BCUT2D eigenvalue weighted by Crippen LogP contribution is 2.42. The van der Waals surface area contributed by atoms with Crippen LogP contribution in [0.2, 0.25) is 0 Å². The minimum atomic E-state index is -0.133. The van der Waals surface area contributed by atoms with Gasteiger partial charge < -0.3 is 5.32 Å². The highest BCUT2D eigenvalue weighted by Gasteiger charge is 2.30. The van der Waals surface area contributed by atoms with Crippen LogP contribution >= 0.6 is 11.8 Å². The second-order valence-electron chi connectivity index (χ2n) is 7.36. The van der Waals surface area contributed by atoms with Gasteiger partial charge in [0.1, 0.15) is 6.54 Å². The quantitative estimate of drug-likeness (QED) is 0.727. The average Bonchev–Trinajstić information content (AvgIpc) is 2.66. The van der Waals surface area contributed by atoms with E-state index in [1.54, 1.807) is 4.90 Å². The summed E-state index contributed by atoms with van der Waals surface area (Å²) in [5, 5.41) is 2.93. The number of nitrogens with zero attached hydrogens (tertiary/aromatic N) is 1. The molecule has 0 spiro atoms. The van der Waals surface area contributed by atoms with Gasteiger partial charge in [0.15, 0.2) is 0 Å². The van der Waals surface area contributed by atoms with E-state index < -0.39 is 0 Å². The lowest BCUT2D eigenvalue weighted by molar-refractivity contribution is -0.122. The minimum Gasteiger partial charge on any atom is -0.355 e. The molecule has 0 aromatic heterocycles. The van der Waals surface area contributed by atoms with Crippen LogP contribution in [0.3, 0.4) is 0 Å². The molecule has 0 radical (unpaired) electrons. The molecule has 3 rings (SSSR count). The van der Waals surface area contributed by atoms with Gasteiger partial charge in [-0.2, -0.15) is 0 Å². The van der Waals surface area contributed by atoms with Crippen molar-refractivity contribution in [3.63, 3.8) is 0 Å². The van der Waals surface area contributed by atoms with E-state index in [-0.39, 0.29) is 18.4 Å². The van der Waals surface area contributed by atoms with Crippen LogP contribution in [0.25, 0.3) is 6.08 Å². The summed E-state index contributed by atoms with van der Waals surface area (Å²) in [6, 6.07) is 15.7. The summed E-state index contributed by atoms with van der Waals surface area (Å²) >= 11 is 1.46. The maximum atomic E-state index is 13.2. The summed E-state index contributed by atoms with van der Waals surface area (Å²) in [7, 11) is 0. The molecule has 1 aliphatic rings. The Kier molecular flexibility index (Phi) is 6.57. The van der Waals surface area contributed by atoms with Crippen LogP contribution in [-0.2, 0) is 9.59 Å². The summed E-state index contributed by atoms with van der Waals surface area (Å²) < 4.78 is 0. The molecule has 146 valence electrons. The number of para-hydroxylation sites is 1. The number of hydrogen-bond acceptors (Lipinski definition) is 3. The van der Waals surface area contributed by atoms with E-state index >= 15 is 0 Å². The van der Waals surface area contributed by atoms with Crippen molar-refractivity contribution in [1.29, 1.82) is 0 Å². The Morgan fingerprint density at radius 2 is 1.86 bits per heavy atom. The van der Waals surface area contributed by atoms with Crippen molar-refractivity contribution in [2.75, 3.05) is 18.0 Å². The summed E-state index contributed by atoms with van der Waals surface area (Å²) in [6.45, 7) is 6.92. The lowest BCUT2D eigenvalue weighted by Gasteiger charge is -2.30. The third kappa shape index (κ3) is 4.84. The predicted molar refractivity (Wildman–Crippen MR) is 116 cm³/mol. The minimum absolute atomic E-state index is 0.0274. The fourth-order valence-electron chi connectivity index (χ4n) is 3.01. The van der Waals surface area contributed by atoms with Crippen molar-refractivity contribution < 1.29 is 9.59 Å². The van der Waals surface area contributed by atoms with E-state index in [9.17, 15) is 9.59 Å². The molecule has 0 bridgehead atoms. The van der Waals surface area contributed by atoms with E-state index in [0.717, 1.165) is 28.1 Å². The summed E-state index contributed by atoms with van der Waals surface area (Å²) in [4.78, 5) is 28.8. The monoisotopic (exact) mass is 394 g/mol. The molecular formula is C23H26N2O2S. The fraction of sp³-hybridized carbons (Fsp3) is 0.304. The Morgan fingerprint density at radius 1 is 1.14 bits per heavy atom. The first-order valence-electron chi connectivity index (χ1n) is 9.58. The molecule has 28 heavy (non-hydrogen) atoms. The largest absolute Gasteiger partial charge is 0.355 e. The molecular weight excluding hydrogens is 368 g/mol. The molecule has 0 fully saturated rings. The Labute approximate surface area is 171 Å². The number of fused-ring (bicyclic) bond motifs is 1. The van der Waals surface area contributed by atoms with Gasteiger partial charge in [0, 0.05) is 11.4 Å². The number of anilines is 1. The molecule has 4 nitrogen and oxygen atoms in total. The normalized spacial score (nSPS) is 15.1. The van der Waals surface area contributed by atoms with Crippen molar-refractivity contribution in [3.05, 3.63) is 64.6 Å². The number of carbonyl (C=O) groups is 2. The van der Waals surface area contributed by atoms with Gasteiger partial charge in [0.25, 0.3) is 5.91 Å². The van der Waals surface area contributed by atoms with Gasteiger partial charge in [-0.3, -0.25) is 14.5 Å². The van der Waals surface area contributed by atoms with E-state index in [1.807, 2.05) is 61.5 Å². The van der Waals surface area contributed by atoms with Crippen LogP contribution in [0.5, 0.6) is 0 Å². The number of thioether (sulfide) groups is 1. The van der Waals surface area contributed by atoms with Gasteiger partial charge in [-0.25, -0.2) is 0 Å². The molecule has 0 saturated heterocycles.